The van der Waals surface area contributed by atoms with Crippen LogP contribution >= 0.6 is 11.3 Å². The van der Waals surface area contributed by atoms with E-state index in [1.54, 1.807) is 16.5 Å². The van der Waals surface area contributed by atoms with E-state index >= 15 is 0 Å². The van der Waals surface area contributed by atoms with Gasteiger partial charge in [-0.3, -0.25) is 14.7 Å². The number of H-pyrrole nitrogens is 1. The minimum absolute atomic E-state index is 0.00959. The molecule has 8 nitrogen and oxygen atoms in total. The molecule has 0 aromatic carbocycles. The summed E-state index contributed by atoms with van der Waals surface area (Å²) in [5, 5.41) is 7.24. The zero-order chi connectivity index (χ0) is 18.8. The first-order chi connectivity index (χ1) is 13.1. The summed E-state index contributed by atoms with van der Waals surface area (Å²) in [6, 6.07) is 1.71. The Kier molecular flexibility index (Phi) is 5.22. The Balaban J connectivity index is 1.54. The summed E-state index contributed by atoms with van der Waals surface area (Å²) >= 11 is 1.38. The van der Waals surface area contributed by atoms with Crippen molar-refractivity contribution in [2.45, 2.75) is 32.2 Å². The summed E-state index contributed by atoms with van der Waals surface area (Å²) in [6.07, 6.45) is 2.88. The van der Waals surface area contributed by atoms with Crippen LogP contribution < -0.4 is 0 Å². The largest absolute Gasteiger partial charge is 0.378 e. The number of piperidine rings is 1. The van der Waals surface area contributed by atoms with E-state index in [-0.39, 0.29) is 17.9 Å². The molecule has 2 amide bonds. The highest BCUT2D eigenvalue weighted by Crippen LogP contribution is 2.32. The number of thiazole rings is 1. The number of carbonyl (C=O) groups excluding carboxylic acids is 2. The van der Waals surface area contributed by atoms with Crippen LogP contribution in [-0.4, -0.2) is 69.6 Å². The average molecular weight is 389 g/mol. The molecule has 1 atom stereocenters. The number of likely N-dealkylation sites (tertiary alicyclic amines) is 1. The lowest BCUT2D eigenvalue weighted by molar-refractivity contribution is 0.0299. The maximum atomic E-state index is 13.0. The van der Waals surface area contributed by atoms with Crippen LogP contribution in [0, 0.1) is 6.92 Å². The number of morpholine rings is 1. The van der Waals surface area contributed by atoms with Gasteiger partial charge in [0.15, 0.2) is 0 Å². The van der Waals surface area contributed by atoms with Gasteiger partial charge in [-0.15, -0.1) is 11.3 Å². The molecule has 2 aromatic heterocycles. The second-order valence-electron chi connectivity index (χ2n) is 6.89. The molecule has 0 aliphatic carbocycles. The van der Waals surface area contributed by atoms with Gasteiger partial charge in [-0.1, -0.05) is 0 Å². The lowest BCUT2D eigenvalue weighted by Gasteiger charge is -2.34. The van der Waals surface area contributed by atoms with E-state index in [1.165, 1.54) is 11.3 Å². The fourth-order valence-corrected chi connectivity index (χ4v) is 4.44. The second-order valence-corrected chi connectivity index (χ2v) is 7.74. The third-order valence-corrected chi connectivity index (χ3v) is 6.09. The van der Waals surface area contributed by atoms with Crippen LogP contribution in [-0.2, 0) is 4.74 Å². The number of hydrogen-bond acceptors (Lipinski definition) is 6. The molecule has 2 aromatic rings. The number of aromatic amines is 1. The van der Waals surface area contributed by atoms with Crippen molar-refractivity contribution < 1.29 is 14.3 Å². The van der Waals surface area contributed by atoms with Crippen molar-refractivity contribution >= 4 is 23.2 Å². The van der Waals surface area contributed by atoms with Gasteiger partial charge in [0.05, 0.1) is 36.2 Å². The van der Waals surface area contributed by atoms with E-state index in [0.29, 0.717) is 43.4 Å². The van der Waals surface area contributed by atoms with Crippen LogP contribution in [0.4, 0.5) is 0 Å². The second kappa shape index (κ2) is 7.77. The van der Waals surface area contributed by atoms with Gasteiger partial charge in [0.2, 0.25) is 0 Å². The van der Waals surface area contributed by atoms with E-state index in [1.807, 2.05) is 11.8 Å². The predicted octanol–water partition coefficient (Wildman–Crippen LogP) is 2.01. The van der Waals surface area contributed by atoms with Crippen LogP contribution in [0.2, 0.25) is 0 Å². The van der Waals surface area contributed by atoms with Crippen molar-refractivity contribution in [3.63, 3.8) is 0 Å². The minimum Gasteiger partial charge on any atom is -0.378 e. The van der Waals surface area contributed by atoms with E-state index < -0.39 is 0 Å². The summed E-state index contributed by atoms with van der Waals surface area (Å²) in [4.78, 5) is 34.2. The number of aryl methyl sites for hydroxylation is 1. The Morgan fingerprint density at radius 1 is 1.22 bits per heavy atom. The number of ether oxygens (including phenoxy) is 1. The van der Waals surface area contributed by atoms with Crippen molar-refractivity contribution in [2.75, 3.05) is 32.8 Å². The fourth-order valence-electron chi connectivity index (χ4n) is 3.68. The monoisotopic (exact) mass is 389 g/mol. The molecular weight excluding hydrogens is 366 g/mol. The molecule has 2 fully saturated rings. The molecule has 0 spiro atoms. The van der Waals surface area contributed by atoms with Gasteiger partial charge >= 0.3 is 0 Å². The summed E-state index contributed by atoms with van der Waals surface area (Å²) in [5.41, 5.74) is 3.69. The normalized spacial score (nSPS) is 20.7. The van der Waals surface area contributed by atoms with Crippen molar-refractivity contribution in [2.24, 2.45) is 0 Å². The van der Waals surface area contributed by atoms with Crippen LogP contribution in [0.1, 0.15) is 56.9 Å². The molecule has 1 unspecified atom stereocenters. The van der Waals surface area contributed by atoms with Gasteiger partial charge in [0, 0.05) is 19.6 Å². The van der Waals surface area contributed by atoms with Gasteiger partial charge in [-0.05, 0) is 32.3 Å². The third-order valence-electron chi connectivity index (χ3n) is 5.18. The Morgan fingerprint density at radius 2 is 2.04 bits per heavy atom. The van der Waals surface area contributed by atoms with Crippen molar-refractivity contribution in [3.8, 4) is 0 Å². The standard InChI is InChI=1S/C18H23N5O3S/c1-12-16(27-11-19-12)18(25)23-5-3-2-4-15(23)13-10-14(21-20-13)17(24)22-6-8-26-9-7-22/h10-11,15H,2-9H2,1H3,(H,20,21). The molecule has 1 N–H and O–H groups in total. The summed E-state index contributed by atoms with van der Waals surface area (Å²) in [7, 11) is 0. The molecule has 0 bridgehead atoms. The summed E-state index contributed by atoms with van der Waals surface area (Å²) < 4.78 is 5.30. The number of nitrogens with zero attached hydrogens (tertiary/aromatic N) is 4. The maximum Gasteiger partial charge on any atom is 0.274 e. The molecule has 144 valence electrons. The fraction of sp³-hybridized carbons (Fsp3) is 0.556. The quantitative estimate of drug-likeness (QED) is 0.867. The number of hydrogen-bond donors (Lipinski definition) is 1. The topological polar surface area (TPSA) is 91.4 Å². The SMILES string of the molecule is Cc1ncsc1C(=O)N1CCCCC1c1cc(C(=O)N2CCOCC2)n[nH]1. The lowest BCUT2D eigenvalue weighted by Crippen LogP contribution is -2.40. The highest BCUT2D eigenvalue weighted by Gasteiger charge is 2.32. The van der Waals surface area contributed by atoms with Gasteiger partial charge in [-0.2, -0.15) is 5.10 Å². The lowest BCUT2D eigenvalue weighted by atomic mass is 9.98. The summed E-state index contributed by atoms with van der Waals surface area (Å²) in [5.74, 6) is -0.0804. The van der Waals surface area contributed by atoms with E-state index in [9.17, 15) is 9.59 Å². The molecule has 9 heteroatoms. The van der Waals surface area contributed by atoms with E-state index in [2.05, 4.69) is 15.2 Å². The predicted molar refractivity (Wildman–Crippen MR) is 99.8 cm³/mol. The highest BCUT2D eigenvalue weighted by atomic mass is 32.1. The molecule has 4 heterocycles. The van der Waals surface area contributed by atoms with E-state index in [0.717, 1.165) is 30.7 Å². The highest BCUT2D eigenvalue weighted by molar-refractivity contribution is 7.11. The van der Waals surface area contributed by atoms with Gasteiger partial charge in [0.1, 0.15) is 10.6 Å². The van der Waals surface area contributed by atoms with Crippen LogP contribution in [0.5, 0.6) is 0 Å². The average Bonchev–Trinajstić information content (AvgIpc) is 3.37. The number of amides is 2. The van der Waals surface area contributed by atoms with Crippen molar-refractivity contribution in [1.82, 2.24) is 25.0 Å². The van der Waals surface area contributed by atoms with Gasteiger partial charge in [0.25, 0.3) is 11.8 Å². The third kappa shape index (κ3) is 3.61. The van der Waals surface area contributed by atoms with E-state index in [4.69, 9.17) is 4.74 Å². The molecule has 2 saturated heterocycles. The zero-order valence-corrected chi connectivity index (χ0v) is 16.1. The first-order valence-corrected chi connectivity index (χ1v) is 10.2. The molecule has 2 aliphatic heterocycles. The Morgan fingerprint density at radius 3 is 2.78 bits per heavy atom. The molecule has 2 aliphatic rings. The minimum atomic E-state index is -0.0912. The first-order valence-electron chi connectivity index (χ1n) is 9.28. The van der Waals surface area contributed by atoms with Crippen molar-refractivity contribution in [3.05, 3.63) is 33.5 Å². The Bertz CT molecular complexity index is 827. The first kappa shape index (κ1) is 18.1. The smallest absolute Gasteiger partial charge is 0.274 e. The molecule has 0 saturated carbocycles. The summed E-state index contributed by atoms with van der Waals surface area (Å²) in [6.45, 7) is 4.84. The number of carbonyl (C=O) groups is 2. The number of rotatable bonds is 3. The van der Waals surface area contributed by atoms with Gasteiger partial charge in [-0.25, -0.2) is 4.98 Å². The molecule has 0 radical (unpaired) electrons. The van der Waals surface area contributed by atoms with Gasteiger partial charge < -0.3 is 14.5 Å². The number of aromatic nitrogens is 3. The van der Waals surface area contributed by atoms with Crippen LogP contribution in [0.15, 0.2) is 11.6 Å². The number of nitrogens with one attached hydrogen (secondary N) is 1. The Hall–Kier alpha value is -2.26. The molecule has 27 heavy (non-hydrogen) atoms. The molecular formula is C18H23N5O3S. The van der Waals surface area contributed by atoms with Crippen LogP contribution in [0.3, 0.4) is 0 Å². The maximum absolute atomic E-state index is 13.0. The zero-order valence-electron chi connectivity index (χ0n) is 15.3. The molecule has 4 rings (SSSR count). The van der Waals surface area contributed by atoms with Crippen molar-refractivity contribution in [1.29, 1.82) is 0 Å². The Labute approximate surface area is 161 Å². The van der Waals surface area contributed by atoms with Crippen LogP contribution in [0.25, 0.3) is 0 Å².